The summed E-state index contributed by atoms with van der Waals surface area (Å²) in [4.78, 5) is 0. The molecule has 90 valence electrons. The first-order valence-corrected chi connectivity index (χ1v) is 6.31. The van der Waals surface area contributed by atoms with Gasteiger partial charge in [-0.2, -0.15) is 5.26 Å². The fourth-order valence-electron chi connectivity index (χ4n) is 2.50. The molecule has 0 radical (unpaired) electrons. The molecule has 2 rings (SSSR count). The first-order chi connectivity index (χ1) is 8.06. The number of nitrogens with one attached hydrogen (secondary N) is 1. The van der Waals surface area contributed by atoms with Gasteiger partial charge >= 0.3 is 0 Å². The minimum atomic E-state index is -0.332. The molecule has 0 atom stereocenters. The van der Waals surface area contributed by atoms with Crippen molar-refractivity contribution < 1.29 is 0 Å². The molecule has 17 heavy (non-hydrogen) atoms. The van der Waals surface area contributed by atoms with Gasteiger partial charge in [0.1, 0.15) is 5.54 Å². The number of para-hydroxylation sites is 1. The zero-order valence-corrected chi connectivity index (χ0v) is 10.8. The highest BCUT2D eigenvalue weighted by Gasteiger charge is 2.45. The largest absolute Gasteiger partial charge is 0.367 e. The summed E-state index contributed by atoms with van der Waals surface area (Å²) >= 11 is 0. The van der Waals surface area contributed by atoms with Crippen molar-refractivity contribution in [2.24, 2.45) is 11.8 Å². The number of rotatable bonds is 3. The minimum Gasteiger partial charge on any atom is -0.367 e. The molecule has 1 aromatic rings. The van der Waals surface area contributed by atoms with Crippen LogP contribution in [0.2, 0.25) is 0 Å². The highest BCUT2D eigenvalue weighted by Crippen LogP contribution is 2.44. The van der Waals surface area contributed by atoms with Crippen LogP contribution in [0.4, 0.5) is 5.69 Å². The number of anilines is 1. The van der Waals surface area contributed by atoms with Gasteiger partial charge in [0.25, 0.3) is 0 Å². The van der Waals surface area contributed by atoms with E-state index in [0.717, 1.165) is 18.5 Å². The zero-order valence-electron chi connectivity index (χ0n) is 10.8. The van der Waals surface area contributed by atoms with E-state index in [1.54, 1.807) is 0 Å². The third kappa shape index (κ3) is 2.29. The number of benzene rings is 1. The fourth-order valence-corrected chi connectivity index (χ4v) is 2.50. The van der Waals surface area contributed by atoms with Gasteiger partial charge in [0.15, 0.2) is 0 Å². The van der Waals surface area contributed by atoms with E-state index in [1.165, 1.54) is 5.56 Å². The molecule has 1 fully saturated rings. The van der Waals surface area contributed by atoms with Crippen LogP contribution in [-0.4, -0.2) is 5.54 Å². The lowest BCUT2D eigenvalue weighted by atomic mass is 9.64. The lowest BCUT2D eigenvalue weighted by Crippen LogP contribution is -2.50. The molecule has 0 aliphatic heterocycles. The van der Waals surface area contributed by atoms with E-state index >= 15 is 0 Å². The fraction of sp³-hybridized carbons (Fsp3) is 0.533. The first-order valence-electron chi connectivity index (χ1n) is 6.31. The maximum absolute atomic E-state index is 9.38. The number of nitrogens with zero attached hydrogens (tertiary/aromatic N) is 1. The van der Waals surface area contributed by atoms with Crippen molar-refractivity contribution in [1.29, 1.82) is 5.26 Å². The molecule has 1 N–H and O–H groups in total. The Hall–Kier alpha value is -1.49. The minimum absolute atomic E-state index is 0.332. The second kappa shape index (κ2) is 4.41. The highest BCUT2D eigenvalue weighted by atomic mass is 15.0. The molecular weight excluding hydrogens is 208 g/mol. The van der Waals surface area contributed by atoms with Crippen molar-refractivity contribution in [3.05, 3.63) is 29.8 Å². The summed E-state index contributed by atoms with van der Waals surface area (Å²) in [6.07, 6.45) is 1.94. The number of hydrogen-bond donors (Lipinski definition) is 1. The molecule has 2 heteroatoms. The van der Waals surface area contributed by atoms with Crippen molar-refractivity contribution in [2.45, 2.75) is 39.2 Å². The van der Waals surface area contributed by atoms with E-state index in [-0.39, 0.29) is 5.54 Å². The molecule has 2 nitrogen and oxygen atoms in total. The summed E-state index contributed by atoms with van der Waals surface area (Å²) in [5, 5.41) is 12.8. The Balaban J connectivity index is 2.09. The van der Waals surface area contributed by atoms with Crippen LogP contribution in [0, 0.1) is 30.1 Å². The van der Waals surface area contributed by atoms with Crippen LogP contribution >= 0.6 is 0 Å². The predicted octanol–water partition coefficient (Wildman–Crippen LogP) is 3.74. The van der Waals surface area contributed by atoms with Crippen LogP contribution in [-0.2, 0) is 0 Å². The average molecular weight is 228 g/mol. The van der Waals surface area contributed by atoms with E-state index < -0.39 is 0 Å². The summed E-state index contributed by atoms with van der Waals surface area (Å²) in [5.41, 5.74) is 1.97. The third-order valence-corrected chi connectivity index (χ3v) is 3.90. The molecule has 0 spiro atoms. The Bertz CT molecular complexity index is 436. The monoisotopic (exact) mass is 228 g/mol. The number of aryl methyl sites for hydroxylation is 1. The maximum atomic E-state index is 9.38. The Kier molecular flexibility index (Phi) is 3.11. The highest BCUT2D eigenvalue weighted by molar-refractivity contribution is 5.54. The van der Waals surface area contributed by atoms with Crippen molar-refractivity contribution in [2.75, 3.05) is 5.32 Å². The SMILES string of the molecule is Cc1ccccc1NC1(C#N)CC(C(C)C)C1. The second-order valence-corrected chi connectivity index (χ2v) is 5.55. The first kappa shape index (κ1) is 12.0. The van der Waals surface area contributed by atoms with E-state index in [0.29, 0.717) is 11.8 Å². The summed E-state index contributed by atoms with van der Waals surface area (Å²) < 4.78 is 0. The quantitative estimate of drug-likeness (QED) is 0.855. The zero-order chi connectivity index (χ0) is 12.5. The van der Waals surface area contributed by atoms with Gasteiger partial charge in [0.05, 0.1) is 6.07 Å². The van der Waals surface area contributed by atoms with E-state index in [4.69, 9.17) is 0 Å². The van der Waals surface area contributed by atoms with Gasteiger partial charge in [-0.25, -0.2) is 0 Å². The molecule has 0 unspecified atom stereocenters. The maximum Gasteiger partial charge on any atom is 0.125 e. The van der Waals surface area contributed by atoms with Crippen molar-refractivity contribution in [1.82, 2.24) is 0 Å². The summed E-state index contributed by atoms with van der Waals surface area (Å²) in [5.74, 6) is 1.36. The van der Waals surface area contributed by atoms with Crippen LogP contribution in [0.1, 0.15) is 32.3 Å². The summed E-state index contributed by atoms with van der Waals surface area (Å²) in [6.45, 7) is 6.55. The topological polar surface area (TPSA) is 35.8 Å². The van der Waals surface area contributed by atoms with Crippen LogP contribution in [0.3, 0.4) is 0 Å². The second-order valence-electron chi connectivity index (χ2n) is 5.55. The third-order valence-electron chi connectivity index (χ3n) is 3.90. The smallest absolute Gasteiger partial charge is 0.125 e. The van der Waals surface area contributed by atoms with E-state index in [9.17, 15) is 5.26 Å². The Morgan fingerprint density at radius 3 is 2.53 bits per heavy atom. The normalized spacial score (nSPS) is 27.4. The van der Waals surface area contributed by atoms with Crippen molar-refractivity contribution >= 4 is 5.69 Å². The molecule has 1 saturated carbocycles. The van der Waals surface area contributed by atoms with Crippen LogP contribution < -0.4 is 5.32 Å². The molecule has 0 saturated heterocycles. The summed E-state index contributed by atoms with van der Waals surface area (Å²) in [6, 6.07) is 10.6. The van der Waals surface area contributed by atoms with Gasteiger partial charge in [0, 0.05) is 5.69 Å². The van der Waals surface area contributed by atoms with E-state index in [1.807, 2.05) is 12.1 Å². The van der Waals surface area contributed by atoms with Crippen molar-refractivity contribution in [3.8, 4) is 6.07 Å². The summed E-state index contributed by atoms with van der Waals surface area (Å²) in [7, 11) is 0. The Labute approximate surface area is 104 Å². The van der Waals surface area contributed by atoms with Gasteiger partial charge < -0.3 is 5.32 Å². The van der Waals surface area contributed by atoms with Crippen LogP contribution in [0.25, 0.3) is 0 Å². The lowest BCUT2D eigenvalue weighted by molar-refractivity contribution is 0.165. The van der Waals surface area contributed by atoms with Crippen LogP contribution in [0.15, 0.2) is 24.3 Å². The molecule has 0 bridgehead atoms. The van der Waals surface area contributed by atoms with E-state index in [2.05, 4.69) is 44.3 Å². The molecule has 0 heterocycles. The Morgan fingerprint density at radius 1 is 1.35 bits per heavy atom. The molecule has 1 aliphatic rings. The van der Waals surface area contributed by atoms with Gasteiger partial charge in [-0.1, -0.05) is 32.0 Å². The van der Waals surface area contributed by atoms with Crippen molar-refractivity contribution in [3.63, 3.8) is 0 Å². The van der Waals surface area contributed by atoms with Gasteiger partial charge in [-0.15, -0.1) is 0 Å². The standard InChI is InChI=1S/C15H20N2/c1-11(2)13-8-15(9-13,10-16)17-14-7-5-4-6-12(14)3/h4-7,11,13,17H,8-9H2,1-3H3. The molecule has 1 aliphatic carbocycles. The average Bonchev–Trinajstić information content (AvgIpc) is 2.25. The van der Waals surface area contributed by atoms with Gasteiger partial charge in [-0.3, -0.25) is 0 Å². The molecule has 0 amide bonds. The Morgan fingerprint density at radius 2 is 2.00 bits per heavy atom. The number of nitriles is 1. The molecular formula is C15H20N2. The van der Waals surface area contributed by atoms with Gasteiger partial charge in [-0.05, 0) is 43.2 Å². The predicted molar refractivity (Wildman–Crippen MR) is 70.7 cm³/mol. The van der Waals surface area contributed by atoms with Crippen LogP contribution in [0.5, 0.6) is 0 Å². The number of hydrogen-bond acceptors (Lipinski definition) is 2. The van der Waals surface area contributed by atoms with Gasteiger partial charge in [0.2, 0.25) is 0 Å². The lowest BCUT2D eigenvalue weighted by Gasteiger charge is -2.45. The molecule has 1 aromatic carbocycles. The molecule has 0 aromatic heterocycles.